The van der Waals surface area contributed by atoms with E-state index < -0.39 is 40.3 Å². The molecule has 9 heteroatoms. The predicted octanol–water partition coefficient (Wildman–Crippen LogP) is 5.70. The molecule has 0 bridgehead atoms. The summed E-state index contributed by atoms with van der Waals surface area (Å²) in [7, 11) is -4.34. The van der Waals surface area contributed by atoms with E-state index in [0.717, 1.165) is 40.5 Å². The normalized spacial score (nSPS) is 12.8. The molecule has 0 fully saturated rings. The molecule has 1 amide bonds. The fourth-order valence-electron chi connectivity index (χ4n) is 3.80. The topological polar surface area (TPSA) is 66.5 Å². The number of aryl methyl sites for hydroxylation is 3. The van der Waals surface area contributed by atoms with Crippen LogP contribution in [0.4, 0.5) is 18.9 Å². The number of sulfonamides is 1. The van der Waals surface area contributed by atoms with E-state index in [2.05, 4.69) is 5.32 Å². The molecule has 0 heterocycles. The predicted molar refractivity (Wildman–Crippen MR) is 130 cm³/mol. The number of benzene rings is 3. The summed E-state index contributed by atoms with van der Waals surface area (Å²) < 4.78 is 67.6. The Morgan fingerprint density at radius 1 is 0.943 bits per heavy atom. The van der Waals surface area contributed by atoms with Crippen LogP contribution in [0.25, 0.3) is 0 Å². The van der Waals surface area contributed by atoms with E-state index in [9.17, 15) is 26.4 Å². The molecule has 0 aliphatic carbocycles. The minimum atomic E-state index is -4.67. The van der Waals surface area contributed by atoms with Crippen molar-refractivity contribution in [2.75, 3.05) is 10.8 Å². The number of amides is 1. The average Bonchev–Trinajstić information content (AvgIpc) is 2.77. The van der Waals surface area contributed by atoms with Crippen molar-refractivity contribution in [3.05, 3.63) is 94.5 Å². The minimum absolute atomic E-state index is 0.129. The van der Waals surface area contributed by atoms with E-state index in [1.807, 2.05) is 32.0 Å². The van der Waals surface area contributed by atoms with Crippen LogP contribution in [0.3, 0.4) is 0 Å². The first-order valence-corrected chi connectivity index (χ1v) is 12.4. The van der Waals surface area contributed by atoms with E-state index >= 15 is 0 Å². The summed E-state index contributed by atoms with van der Waals surface area (Å²) in [5.74, 6) is -0.648. The highest BCUT2D eigenvalue weighted by Crippen LogP contribution is 2.33. The quantitative estimate of drug-likeness (QED) is 0.449. The van der Waals surface area contributed by atoms with Gasteiger partial charge in [-0.1, -0.05) is 47.5 Å². The summed E-state index contributed by atoms with van der Waals surface area (Å²) in [6.45, 7) is 6.71. The van der Waals surface area contributed by atoms with E-state index in [4.69, 9.17) is 0 Å². The zero-order valence-electron chi connectivity index (χ0n) is 19.8. The van der Waals surface area contributed by atoms with Gasteiger partial charge in [-0.2, -0.15) is 13.2 Å². The first-order valence-electron chi connectivity index (χ1n) is 10.9. The Balaban J connectivity index is 1.97. The van der Waals surface area contributed by atoms with Crippen molar-refractivity contribution < 1.29 is 26.4 Å². The lowest BCUT2D eigenvalue weighted by molar-refractivity contribution is -0.137. The third kappa shape index (κ3) is 6.22. The highest BCUT2D eigenvalue weighted by Gasteiger charge is 2.33. The van der Waals surface area contributed by atoms with Gasteiger partial charge in [0, 0.05) is 0 Å². The van der Waals surface area contributed by atoms with E-state index in [1.165, 1.54) is 18.2 Å². The van der Waals surface area contributed by atoms with Crippen molar-refractivity contribution in [3.8, 4) is 0 Å². The lowest BCUT2D eigenvalue weighted by Gasteiger charge is -2.26. The van der Waals surface area contributed by atoms with Gasteiger partial charge in [0.1, 0.15) is 6.54 Å². The third-order valence-corrected chi connectivity index (χ3v) is 7.42. The number of rotatable bonds is 7. The molecule has 3 aromatic rings. The molecule has 5 nitrogen and oxygen atoms in total. The van der Waals surface area contributed by atoms with Crippen LogP contribution < -0.4 is 9.62 Å². The molecule has 0 saturated carbocycles. The standard InChI is InChI=1S/C26H27F3N2O3S/c1-17-8-11-23(12-9-17)35(33,34)31(22-7-5-6-21(15-22)26(27,28)29)16-25(32)30-20(4)24-13-10-18(2)14-19(24)3/h5-15,20H,16H2,1-4H3,(H,30,32). The average molecular weight is 505 g/mol. The molecule has 0 saturated heterocycles. The Morgan fingerprint density at radius 2 is 1.57 bits per heavy atom. The molecule has 0 aromatic heterocycles. The number of nitrogens with one attached hydrogen (secondary N) is 1. The van der Waals surface area contributed by atoms with Gasteiger partial charge in [0.05, 0.1) is 22.2 Å². The molecule has 0 aliphatic rings. The van der Waals surface area contributed by atoms with E-state index in [-0.39, 0.29) is 10.6 Å². The second kappa shape index (κ2) is 10.1. The highest BCUT2D eigenvalue weighted by atomic mass is 32.2. The number of alkyl halides is 3. The Kier molecular flexibility index (Phi) is 7.59. The van der Waals surface area contributed by atoms with E-state index in [1.54, 1.807) is 26.0 Å². The molecule has 0 radical (unpaired) electrons. The summed E-state index contributed by atoms with van der Waals surface area (Å²) in [5, 5.41) is 2.77. The number of hydrogen-bond donors (Lipinski definition) is 1. The molecule has 1 N–H and O–H groups in total. The lowest BCUT2D eigenvalue weighted by Crippen LogP contribution is -2.41. The van der Waals surface area contributed by atoms with Crippen LogP contribution in [0.15, 0.2) is 71.6 Å². The van der Waals surface area contributed by atoms with Gasteiger partial charge in [0.25, 0.3) is 10.0 Å². The maximum Gasteiger partial charge on any atom is 0.416 e. The van der Waals surface area contributed by atoms with Crippen LogP contribution in [0, 0.1) is 20.8 Å². The van der Waals surface area contributed by atoms with Crippen molar-refractivity contribution in [3.63, 3.8) is 0 Å². The maximum absolute atomic E-state index is 13.5. The Hall–Kier alpha value is -3.33. The fraction of sp³-hybridized carbons (Fsp3) is 0.269. The summed E-state index contributed by atoms with van der Waals surface area (Å²) in [4.78, 5) is 12.8. The molecule has 0 spiro atoms. The lowest BCUT2D eigenvalue weighted by atomic mass is 10.0. The fourth-order valence-corrected chi connectivity index (χ4v) is 5.21. The van der Waals surface area contributed by atoms with Gasteiger partial charge in [-0.3, -0.25) is 9.10 Å². The number of anilines is 1. The van der Waals surface area contributed by atoms with Crippen LogP contribution in [-0.2, 0) is 21.0 Å². The molecule has 1 unspecified atom stereocenters. The smallest absolute Gasteiger partial charge is 0.348 e. The first kappa shape index (κ1) is 26.3. The molecule has 3 rings (SSSR count). The summed E-state index contributed by atoms with van der Waals surface area (Å²) in [6, 6.07) is 15.1. The van der Waals surface area contributed by atoms with Crippen LogP contribution in [0.1, 0.15) is 40.8 Å². The summed E-state index contributed by atoms with van der Waals surface area (Å²) in [6.07, 6.45) is -4.67. The molecule has 35 heavy (non-hydrogen) atoms. The van der Waals surface area contributed by atoms with E-state index in [0.29, 0.717) is 4.31 Å². The SMILES string of the molecule is Cc1ccc(S(=O)(=O)N(CC(=O)NC(C)c2ccc(C)cc2C)c2cccc(C(F)(F)F)c2)cc1. The second-order valence-electron chi connectivity index (χ2n) is 8.52. The van der Waals surface area contributed by atoms with Crippen molar-refractivity contribution >= 4 is 21.6 Å². The van der Waals surface area contributed by atoms with Crippen LogP contribution in [0.2, 0.25) is 0 Å². The van der Waals surface area contributed by atoms with Gasteiger partial charge in [-0.05, 0) is 69.2 Å². The molecule has 1 atom stereocenters. The van der Waals surface area contributed by atoms with Crippen LogP contribution in [0.5, 0.6) is 0 Å². The molecular weight excluding hydrogens is 477 g/mol. The highest BCUT2D eigenvalue weighted by molar-refractivity contribution is 7.92. The number of carbonyl (C=O) groups excluding carboxylic acids is 1. The number of nitrogens with zero attached hydrogens (tertiary/aromatic N) is 1. The maximum atomic E-state index is 13.5. The summed E-state index contributed by atoms with van der Waals surface area (Å²) >= 11 is 0. The van der Waals surface area contributed by atoms with Gasteiger partial charge < -0.3 is 5.32 Å². The first-order chi connectivity index (χ1) is 16.3. The number of halogens is 3. The number of hydrogen-bond acceptors (Lipinski definition) is 3. The molecule has 186 valence electrons. The van der Waals surface area contributed by atoms with Gasteiger partial charge in [0.2, 0.25) is 5.91 Å². The molecule has 0 aliphatic heterocycles. The Morgan fingerprint density at radius 3 is 2.17 bits per heavy atom. The van der Waals surface area contributed by atoms with Crippen LogP contribution >= 0.6 is 0 Å². The second-order valence-corrected chi connectivity index (χ2v) is 10.4. The monoisotopic (exact) mass is 504 g/mol. The van der Waals surface area contributed by atoms with Gasteiger partial charge in [-0.25, -0.2) is 8.42 Å². The third-order valence-electron chi connectivity index (χ3n) is 5.63. The van der Waals surface area contributed by atoms with Crippen LogP contribution in [-0.4, -0.2) is 20.9 Å². The van der Waals surface area contributed by atoms with Crippen molar-refractivity contribution in [2.45, 2.75) is 44.8 Å². The van der Waals surface area contributed by atoms with Gasteiger partial charge in [0.15, 0.2) is 0 Å². The van der Waals surface area contributed by atoms with Gasteiger partial charge in [-0.15, -0.1) is 0 Å². The minimum Gasteiger partial charge on any atom is -0.348 e. The largest absolute Gasteiger partial charge is 0.416 e. The van der Waals surface area contributed by atoms with Crippen molar-refractivity contribution in [1.29, 1.82) is 0 Å². The zero-order chi connectivity index (χ0) is 26.0. The molecular formula is C26H27F3N2O3S. The zero-order valence-corrected chi connectivity index (χ0v) is 20.7. The van der Waals surface area contributed by atoms with Gasteiger partial charge >= 0.3 is 6.18 Å². The Bertz CT molecular complexity index is 1320. The Labute approximate surface area is 203 Å². The van der Waals surface area contributed by atoms with Crippen molar-refractivity contribution in [2.24, 2.45) is 0 Å². The van der Waals surface area contributed by atoms with Crippen molar-refractivity contribution in [1.82, 2.24) is 5.32 Å². The summed E-state index contributed by atoms with van der Waals surface area (Å²) in [5.41, 5.74) is 2.42. The number of carbonyl (C=O) groups is 1. The molecule has 3 aromatic carbocycles.